The van der Waals surface area contributed by atoms with Crippen molar-refractivity contribution in [1.29, 1.82) is 0 Å². The molecule has 0 amide bonds. The van der Waals surface area contributed by atoms with Crippen molar-refractivity contribution in [2.75, 3.05) is 57.4 Å². The van der Waals surface area contributed by atoms with Crippen LogP contribution in [0, 0.1) is 0 Å². The van der Waals surface area contributed by atoms with Crippen LogP contribution in [0.1, 0.15) is 6.92 Å². The monoisotopic (exact) mass is 310 g/mol. The lowest BCUT2D eigenvalue weighted by Gasteiger charge is -2.26. The van der Waals surface area contributed by atoms with E-state index in [0.29, 0.717) is 13.2 Å². The summed E-state index contributed by atoms with van der Waals surface area (Å²) in [6.45, 7) is 8.79. The molecular weight excluding hydrogens is 284 g/mol. The molecule has 118 valence electrons. The molecule has 1 aliphatic rings. The van der Waals surface area contributed by atoms with Gasteiger partial charge in [0.2, 0.25) is 0 Å². The third-order valence-corrected chi connectivity index (χ3v) is 4.34. The van der Waals surface area contributed by atoms with E-state index in [1.165, 1.54) is 24.6 Å². The average Bonchev–Trinajstić information content (AvgIpc) is 2.53. The number of benzene rings is 1. The summed E-state index contributed by atoms with van der Waals surface area (Å²) in [4.78, 5) is 2.52. The number of para-hydroxylation sites is 2. The van der Waals surface area contributed by atoms with Crippen LogP contribution in [0.15, 0.2) is 24.3 Å². The minimum absolute atomic E-state index is 0.659. The van der Waals surface area contributed by atoms with Crippen molar-refractivity contribution in [3.8, 4) is 11.5 Å². The number of nitrogens with zero attached hydrogens (tertiary/aromatic N) is 1. The smallest absolute Gasteiger partial charge is 0.161 e. The molecule has 21 heavy (non-hydrogen) atoms. The molecule has 1 saturated heterocycles. The molecule has 5 heteroatoms. The van der Waals surface area contributed by atoms with Crippen LogP contribution in [0.5, 0.6) is 11.5 Å². The summed E-state index contributed by atoms with van der Waals surface area (Å²) in [5.74, 6) is 4.20. The highest BCUT2D eigenvalue weighted by Gasteiger charge is 2.09. The third-order valence-electron chi connectivity index (χ3n) is 3.39. The van der Waals surface area contributed by atoms with Crippen molar-refractivity contribution in [1.82, 2.24) is 10.2 Å². The van der Waals surface area contributed by atoms with Crippen LogP contribution in [-0.2, 0) is 0 Å². The molecule has 0 aliphatic carbocycles. The van der Waals surface area contributed by atoms with Crippen LogP contribution < -0.4 is 14.8 Å². The molecule has 0 saturated carbocycles. The van der Waals surface area contributed by atoms with E-state index in [0.717, 1.165) is 31.1 Å². The van der Waals surface area contributed by atoms with Gasteiger partial charge in [-0.15, -0.1) is 0 Å². The second-order valence-electron chi connectivity index (χ2n) is 4.93. The average molecular weight is 310 g/mol. The van der Waals surface area contributed by atoms with Crippen LogP contribution in [0.3, 0.4) is 0 Å². The summed E-state index contributed by atoms with van der Waals surface area (Å²) in [6, 6.07) is 7.84. The first-order chi connectivity index (χ1) is 10.4. The van der Waals surface area contributed by atoms with Crippen molar-refractivity contribution in [3.63, 3.8) is 0 Å². The van der Waals surface area contributed by atoms with Gasteiger partial charge in [0.25, 0.3) is 0 Å². The van der Waals surface area contributed by atoms with Crippen LogP contribution in [-0.4, -0.2) is 62.3 Å². The largest absolute Gasteiger partial charge is 0.490 e. The lowest BCUT2D eigenvalue weighted by atomic mass is 10.3. The number of ether oxygens (including phenoxy) is 2. The molecule has 1 aromatic carbocycles. The van der Waals surface area contributed by atoms with E-state index in [4.69, 9.17) is 9.47 Å². The Bertz CT molecular complexity index is 398. The summed E-state index contributed by atoms with van der Waals surface area (Å²) < 4.78 is 11.3. The van der Waals surface area contributed by atoms with E-state index >= 15 is 0 Å². The molecule has 2 rings (SSSR count). The number of hydrogen-bond donors (Lipinski definition) is 1. The Hall–Kier alpha value is -0.910. The predicted molar refractivity (Wildman–Crippen MR) is 89.7 cm³/mol. The van der Waals surface area contributed by atoms with E-state index in [2.05, 4.69) is 22.0 Å². The Labute approximate surface area is 132 Å². The summed E-state index contributed by atoms with van der Waals surface area (Å²) in [6.07, 6.45) is 0. The Morgan fingerprint density at radius 3 is 2.52 bits per heavy atom. The van der Waals surface area contributed by atoms with Gasteiger partial charge in [0.15, 0.2) is 11.5 Å². The van der Waals surface area contributed by atoms with Crippen LogP contribution in [0.2, 0.25) is 0 Å². The molecule has 1 aromatic rings. The van der Waals surface area contributed by atoms with Gasteiger partial charge in [-0.2, -0.15) is 11.8 Å². The molecule has 0 unspecified atom stereocenters. The number of thioether (sulfide) groups is 1. The van der Waals surface area contributed by atoms with Crippen molar-refractivity contribution >= 4 is 11.8 Å². The normalized spacial score (nSPS) is 15.9. The zero-order valence-corrected chi connectivity index (χ0v) is 13.7. The first kappa shape index (κ1) is 16.5. The second-order valence-corrected chi connectivity index (χ2v) is 6.16. The lowest BCUT2D eigenvalue weighted by molar-refractivity contribution is 0.268. The van der Waals surface area contributed by atoms with Crippen molar-refractivity contribution in [2.45, 2.75) is 6.92 Å². The maximum Gasteiger partial charge on any atom is 0.161 e. The standard InChI is InChI=1S/C16H26N2O2S/c1-2-19-15-5-3-4-6-16(15)20-12-8-17-7-9-18-10-13-21-14-11-18/h3-6,17H,2,7-14H2,1H3. The van der Waals surface area contributed by atoms with Crippen LogP contribution >= 0.6 is 11.8 Å². The third kappa shape index (κ3) is 6.16. The van der Waals surface area contributed by atoms with Gasteiger partial charge in [0.05, 0.1) is 6.61 Å². The van der Waals surface area contributed by atoms with Crippen LogP contribution in [0.4, 0.5) is 0 Å². The van der Waals surface area contributed by atoms with Gasteiger partial charge in [-0.3, -0.25) is 0 Å². The summed E-state index contributed by atoms with van der Waals surface area (Å²) in [7, 11) is 0. The van der Waals surface area contributed by atoms with Gasteiger partial charge < -0.3 is 19.7 Å². The minimum atomic E-state index is 0.659. The van der Waals surface area contributed by atoms with E-state index in [9.17, 15) is 0 Å². The summed E-state index contributed by atoms with van der Waals surface area (Å²) in [5, 5.41) is 3.44. The van der Waals surface area contributed by atoms with Crippen molar-refractivity contribution in [2.24, 2.45) is 0 Å². The van der Waals surface area contributed by atoms with E-state index in [1.54, 1.807) is 0 Å². The topological polar surface area (TPSA) is 33.7 Å². The van der Waals surface area contributed by atoms with Crippen molar-refractivity contribution < 1.29 is 9.47 Å². The fourth-order valence-electron chi connectivity index (χ4n) is 2.26. The highest BCUT2D eigenvalue weighted by atomic mass is 32.2. The minimum Gasteiger partial charge on any atom is -0.490 e. The highest BCUT2D eigenvalue weighted by Crippen LogP contribution is 2.25. The molecule has 0 atom stereocenters. The number of rotatable bonds is 9. The zero-order chi connectivity index (χ0) is 14.8. The molecule has 1 heterocycles. The molecule has 1 N–H and O–H groups in total. The zero-order valence-electron chi connectivity index (χ0n) is 12.8. The molecule has 1 fully saturated rings. The van der Waals surface area contributed by atoms with Gasteiger partial charge >= 0.3 is 0 Å². The van der Waals surface area contributed by atoms with E-state index < -0.39 is 0 Å². The first-order valence-electron chi connectivity index (χ1n) is 7.75. The fraction of sp³-hybridized carbons (Fsp3) is 0.625. The first-order valence-corrected chi connectivity index (χ1v) is 8.91. The SMILES string of the molecule is CCOc1ccccc1OCCNCCN1CCSCC1. The lowest BCUT2D eigenvalue weighted by Crippen LogP contribution is -2.38. The molecule has 1 aliphatic heterocycles. The quantitative estimate of drug-likeness (QED) is 0.707. The molecule has 0 spiro atoms. The Morgan fingerprint density at radius 2 is 1.81 bits per heavy atom. The molecule has 0 bridgehead atoms. The van der Waals surface area contributed by atoms with Gasteiger partial charge in [0.1, 0.15) is 6.61 Å². The van der Waals surface area contributed by atoms with E-state index in [-0.39, 0.29) is 0 Å². The fourth-order valence-corrected chi connectivity index (χ4v) is 3.24. The number of nitrogens with one attached hydrogen (secondary N) is 1. The van der Waals surface area contributed by atoms with Gasteiger partial charge in [-0.25, -0.2) is 0 Å². The van der Waals surface area contributed by atoms with Gasteiger partial charge in [0, 0.05) is 44.2 Å². The predicted octanol–water partition coefficient (Wildman–Crippen LogP) is 2.10. The van der Waals surface area contributed by atoms with Gasteiger partial charge in [-0.1, -0.05) is 12.1 Å². The van der Waals surface area contributed by atoms with Crippen LogP contribution in [0.25, 0.3) is 0 Å². The molecular formula is C16H26N2O2S. The molecule has 4 nitrogen and oxygen atoms in total. The maximum atomic E-state index is 5.78. The molecule has 0 radical (unpaired) electrons. The number of hydrogen-bond acceptors (Lipinski definition) is 5. The summed E-state index contributed by atoms with van der Waals surface area (Å²) in [5.41, 5.74) is 0. The Balaban J connectivity index is 1.57. The van der Waals surface area contributed by atoms with Crippen molar-refractivity contribution in [3.05, 3.63) is 24.3 Å². The highest BCUT2D eigenvalue weighted by molar-refractivity contribution is 7.99. The second kappa shape index (κ2) is 9.92. The summed E-state index contributed by atoms with van der Waals surface area (Å²) >= 11 is 2.05. The van der Waals surface area contributed by atoms with Gasteiger partial charge in [-0.05, 0) is 19.1 Å². The Kier molecular flexibility index (Phi) is 7.78. The Morgan fingerprint density at radius 1 is 1.10 bits per heavy atom. The van der Waals surface area contributed by atoms with E-state index in [1.807, 2.05) is 31.2 Å². The maximum absolute atomic E-state index is 5.78. The molecule has 0 aromatic heterocycles.